The first-order valence-electron chi connectivity index (χ1n) is 4.98. The Balaban J connectivity index is 4.06. The molecule has 0 amide bonds. The molecule has 0 fully saturated rings. The quantitative estimate of drug-likeness (QED) is 0.336. The normalized spacial score (nSPS) is 12.4. The first-order chi connectivity index (χ1) is 7.95. The average molecular weight is 247 g/mol. The Hall–Kier alpha value is -1.44. The van der Waals surface area contributed by atoms with Crippen LogP contribution in [-0.4, -0.2) is 71.1 Å². The van der Waals surface area contributed by atoms with Crippen LogP contribution in [0.5, 0.6) is 0 Å². The molecule has 3 N–H and O–H groups in total. The average Bonchev–Trinajstić information content (AvgIpc) is 2.15. The van der Waals surface area contributed by atoms with E-state index in [-0.39, 0.29) is 19.8 Å². The molecular weight excluding hydrogens is 230 g/mol. The summed E-state index contributed by atoms with van der Waals surface area (Å²) in [5.41, 5.74) is 0. The third-order valence-electron chi connectivity index (χ3n) is 1.73. The lowest BCUT2D eigenvalue weighted by molar-refractivity contribution is -0.142. The Morgan fingerprint density at radius 2 is 1.82 bits per heavy atom. The van der Waals surface area contributed by atoms with E-state index in [1.165, 1.54) is 6.08 Å². The molecule has 0 aromatic heterocycles. The third kappa shape index (κ3) is 9.49. The number of aliphatic hydroxyl groups excluding tert-OH is 1. The second-order valence-corrected chi connectivity index (χ2v) is 3.44. The van der Waals surface area contributed by atoms with Crippen molar-refractivity contribution in [2.75, 3.05) is 32.8 Å². The maximum absolute atomic E-state index is 10.5. The van der Waals surface area contributed by atoms with E-state index in [4.69, 9.17) is 14.9 Å². The number of aliphatic hydroxyl groups is 1. The lowest BCUT2D eigenvalue weighted by Gasteiger charge is -2.21. The molecule has 0 aliphatic carbocycles. The van der Waals surface area contributed by atoms with Crippen LogP contribution in [0.1, 0.15) is 0 Å². The van der Waals surface area contributed by atoms with Crippen LogP contribution in [0.2, 0.25) is 0 Å². The summed E-state index contributed by atoms with van der Waals surface area (Å²) in [6.45, 7) is 2.75. The Morgan fingerprint density at radius 1 is 1.29 bits per heavy atom. The molecule has 0 spiro atoms. The summed E-state index contributed by atoms with van der Waals surface area (Å²) in [6.07, 6.45) is 0.576. The molecule has 1 atom stereocenters. The van der Waals surface area contributed by atoms with Crippen LogP contribution in [0.3, 0.4) is 0 Å². The first kappa shape index (κ1) is 15.6. The Bertz CT molecular complexity index is 252. The number of carboxylic acid groups (broad SMARTS) is 2. The predicted octanol–water partition coefficient (Wildman–Crippen LogP) is -0.979. The van der Waals surface area contributed by atoms with Gasteiger partial charge in [0.25, 0.3) is 0 Å². The van der Waals surface area contributed by atoms with Crippen LogP contribution >= 0.6 is 0 Å². The lowest BCUT2D eigenvalue weighted by atomic mass is 10.3. The SMILES string of the molecule is C=CCOC[C@@H](O)CN(CC(=O)O)CC(=O)O. The van der Waals surface area contributed by atoms with Gasteiger partial charge >= 0.3 is 11.9 Å². The van der Waals surface area contributed by atoms with Gasteiger partial charge in [-0.2, -0.15) is 0 Å². The van der Waals surface area contributed by atoms with E-state index in [1.54, 1.807) is 0 Å². The molecule has 98 valence electrons. The minimum atomic E-state index is -1.15. The van der Waals surface area contributed by atoms with Crippen molar-refractivity contribution in [3.05, 3.63) is 12.7 Å². The number of nitrogens with zero attached hydrogens (tertiary/aromatic N) is 1. The number of carbonyl (C=O) groups is 2. The summed E-state index contributed by atoms with van der Waals surface area (Å²) in [5, 5.41) is 26.6. The van der Waals surface area contributed by atoms with E-state index in [1.807, 2.05) is 0 Å². The second-order valence-electron chi connectivity index (χ2n) is 3.44. The number of ether oxygens (including phenoxy) is 1. The van der Waals surface area contributed by atoms with Gasteiger partial charge in [0.1, 0.15) is 0 Å². The summed E-state index contributed by atoms with van der Waals surface area (Å²) >= 11 is 0. The van der Waals surface area contributed by atoms with Crippen molar-refractivity contribution in [2.24, 2.45) is 0 Å². The molecule has 0 bridgehead atoms. The fraction of sp³-hybridized carbons (Fsp3) is 0.600. The smallest absolute Gasteiger partial charge is 0.317 e. The molecule has 0 saturated carbocycles. The molecule has 0 aliphatic heterocycles. The molecule has 0 radical (unpaired) electrons. The van der Waals surface area contributed by atoms with Gasteiger partial charge in [0, 0.05) is 6.54 Å². The van der Waals surface area contributed by atoms with E-state index in [2.05, 4.69) is 6.58 Å². The predicted molar refractivity (Wildman–Crippen MR) is 58.7 cm³/mol. The zero-order valence-corrected chi connectivity index (χ0v) is 9.41. The zero-order chi connectivity index (χ0) is 13.3. The van der Waals surface area contributed by atoms with E-state index in [0.29, 0.717) is 0 Å². The Kier molecular flexibility index (Phi) is 7.95. The molecule has 0 unspecified atom stereocenters. The monoisotopic (exact) mass is 247 g/mol. The van der Waals surface area contributed by atoms with Gasteiger partial charge in [0.15, 0.2) is 0 Å². The van der Waals surface area contributed by atoms with Crippen molar-refractivity contribution < 1.29 is 29.6 Å². The number of carboxylic acids is 2. The molecular formula is C10H17NO6. The van der Waals surface area contributed by atoms with Gasteiger partial charge in [-0.3, -0.25) is 14.5 Å². The van der Waals surface area contributed by atoms with Gasteiger partial charge in [-0.25, -0.2) is 0 Å². The summed E-state index contributed by atoms with van der Waals surface area (Å²) in [6, 6.07) is 0. The zero-order valence-electron chi connectivity index (χ0n) is 9.41. The van der Waals surface area contributed by atoms with E-state index in [0.717, 1.165) is 4.90 Å². The molecule has 0 aromatic rings. The van der Waals surface area contributed by atoms with Crippen molar-refractivity contribution in [2.45, 2.75) is 6.10 Å². The van der Waals surface area contributed by atoms with Crippen LogP contribution in [0.4, 0.5) is 0 Å². The van der Waals surface area contributed by atoms with Crippen LogP contribution in [0.15, 0.2) is 12.7 Å². The maximum Gasteiger partial charge on any atom is 0.317 e. The highest BCUT2D eigenvalue weighted by atomic mass is 16.5. The lowest BCUT2D eigenvalue weighted by Crippen LogP contribution is -2.41. The highest BCUT2D eigenvalue weighted by Crippen LogP contribution is 1.94. The second kappa shape index (κ2) is 8.68. The van der Waals surface area contributed by atoms with Gasteiger partial charge in [-0.1, -0.05) is 6.08 Å². The fourth-order valence-corrected chi connectivity index (χ4v) is 1.21. The molecule has 0 aliphatic rings. The van der Waals surface area contributed by atoms with Crippen LogP contribution in [0, 0.1) is 0 Å². The molecule has 7 heteroatoms. The Morgan fingerprint density at radius 3 is 2.24 bits per heavy atom. The number of rotatable bonds is 10. The fourth-order valence-electron chi connectivity index (χ4n) is 1.21. The summed E-state index contributed by atoms with van der Waals surface area (Å²) in [7, 11) is 0. The van der Waals surface area contributed by atoms with Crippen molar-refractivity contribution in [3.63, 3.8) is 0 Å². The van der Waals surface area contributed by atoms with Crippen LogP contribution in [0.25, 0.3) is 0 Å². The van der Waals surface area contributed by atoms with Gasteiger partial charge in [-0.05, 0) is 0 Å². The van der Waals surface area contributed by atoms with E-state index >= 15 is 0 Å². The van der Waals surface area contributed by atoms with Crippen molar-refractivity contribution in [1.82, 2.24) is 4.90 Å². The highest BCUT2D eigenvalue weighted by Gasteiger charge is 2.17. The van der Waals surface area contributed by atoms with Crippen LogP contribution < -0.4 is 0 Å². The topological polar surface area (TPSA) is 107 Å². The molecule has 0 aromatic carbocycles. The Labute approximate surface area is 98.9 Å². The van der Waals surface area contributed by atoms with Crippen LogP contribution in [-0.2, 0) is 14.3 Å². The standard InChI is InChI=1S/C10H17NO6/c1-2-3-17-7-8(12)4-11(5-9(13)14)6-10(15)16/h2,8,12H,1,3-7H2,(H,13,14)(H,15,16)/t8-/m0/s1. The molecule has 0 heterocycles. The number of hydrogen-bond donors (Lipinski definition) is 3. The number of hydrogen-bond acceptors (Lipinski definition) is 5. The highest BCUT2D eigenvalue weighted by molar-refractivity contribution is 5.72. The van der Waals surface area contributed by atoms with E-state index < -0.39 is 31.1 Å². The molecule has 0 saturated heterocycles. The summed E-state index contributed by atoms with van der Waals surface area (Å²) in [5.74, 6) is -2.30. The minimum absolute atomic E-state index is 0.00174. The molecule has 17 heavy (non-hydrogen) atoms. The molecule has 7 nitrogen and oxygen atoms in total. The summed E-state index contributed by atoms with van der Waals surface area (Å²) in [4.78, 5) is 22.1. The van der Waals surface area contributed by atoms with Crippen molar-refractivity contribution in [1.29, 1.82) is 0 Å². The van der Waals surface area contributed by atoms with E-state index in [9.17, 15) is 14.7 Å². The van der Waals surface area contributed by atoms with Crippen molar-refractivity contribution >= 4 is 11.9 Å². The number of aliphatic carboxylic acids is 2. The van der Waals surface area contributed by atoms with Gasteiger partial charge in [0.2, 0.25) is 0 Å². The van der Waals surface area contributed by atoms with Gasteiger partial charge < -0.3 is 20.1 Å². The van der Waals surface area contributed by atoms with Gasteiger partial charge in [-0.15, -0.1) is 6.58 Å². The minimum Gasteiger partial charge on any atom is -0.480 e. The molecule has 0 rings (SSSR count). The van der Waals surface area contributed by atoms with Gasteiger partial charge in [0.05, 0.1) is 32.4 Å². The largest absolute Gasteiger partial charge is 0.480 e. The third-order valence-corrected chi connectivity index (χ3v) is 1.73. The van der Waals surface area contributed by atoms with Crippen molar-refractivity contribution in [3.8, 4) is 0 Å². The first-order valence-corrected chi connectivity index (χ1v) is 4.98. The maximum atomic E-state index is 10.5. The summed E-state index contributed by atoms with van der Waals surface area (Å²) < 4.78 is 4.97.